The molecule has 0 spiro atoms. The Morgan fingerprint density at radius 3 is 2.68 bits per heavy atom. The first-order chi connectivity index (χ1) is 12.0. The number of aromatic nitrogens is 1. The van der Waals surface area contributed by atoms with Crippen LogP contribution < -0.4 is 20.4 Å². The highest BCUT2D eigenvalue weighted by Crippen LogP contribution is 2.36. The van der Waals surface area contributed by atoms with Gasteiger partial charge in [-0.2, -0.15) is 5.26 Å². The fourth-order valence-corrected chi connectivity index (χ4v) is 3.13. The number of nitrogens with zero attached hydrogens (tertiary/aromatic N) is 1. The van der Waals surface area contributed by atoms with Crippen LogP contribution in [0.2, 0.25) is 0 Å². The number of aromatic amines is 1. The first-order valence-corrected chi connectivity index (χ1v) is 8.22. The molecule has 2 aromatic rings. The summed E-state index contributed by atoms with van der Waals surface area (Å²) < 4.78 is 11.3. The number of H-pyrrole nitrogens is 1. The smallest absolute Gasteiger partial charge is 0.242 e. The maximum atomic E-state index is 9.81. The third kappa shape index (κ3) is 3.24. The first-order valence-electron chi connectivity index (χ1n) is 8.22. The number of nitrogens with one attached hydrogen (secondary N) is 3. The van der Waals surface area contributed by atoms with Crippen molar-refractivity contribution in [2.75, 3.05) is 24.8 Å². The number of hydrogen-bond acceptors (Lipinski definition) is 5. The summed E-state index contributed by atoms with van der Waals surface area (Å²) in [6.45, 7) is 4.55. The van der Waals surface area contributed by atoms with Crippen molar-refractivity contribution in [3.05, 3.63) is 41.0 Å². The van der Waals surface area contributed by atoms with E-state index in [2.05, 4.69) is 21.7 Å². The van der Waals surface area contributed by atoms with E-state index in [4.69, 9.17) is 9.47 Å². The average Bonchev–Trinajstić information content (AvgIpc) is 2.60. The number of hydrogen-bond donors (Lipinski definition) is 2. The molecule has 1 aromatic carbocycles. The van der Waals surface area contributed by atoms with Gasteiger partial charge in [0.15, 0.2) is 5.75 Å². The standard InChI is InChI=1S/C19H22N4O2/c1-19(2)9-12-13(10-20)18(23-17(21-3)14(12)11-25-19)22-15-7-5-6-8-16(15)24-4/h5-8H,9,11H2,1-4H3,(H2,21,22,23)/p+1. The fourth-order valence-electron chi connectivity index (χ4n) is 3.13. The van der Waals surface area contributed by atoms with Crippen molar-refractivity contribution < 1.29 is 14.5 Å². The molecule has 0 radical (unpaired) electrons. The summed E-state index contributed by atoms with van der Waals surface area (Å²) in [7, 11) is 3.48. The Hall–Kier alpha value is -2.78. The molecule has 1 aliphatic heterocycles. The van der Waals surface area contributed by atoms with E-state index in [1.165, 1.54) is 0 Å². The minimum atomic E-state index is -0.299. The maximum absolute atomic E-state index is 9.81. The predicted octanol–water partition coefficient (Wildman–Crippen LogP) is 3.02. The van der Waals surface area contributed by atoms with E-state index in [0.29, 0.717) is 30.2 Å². The summed E-state index contributed by atoms with van der Waals surface area (Å²) in [6.07, 6.45) is 0.676. The van der Waals surface area contributed by atoms with Crippen molar-refractivity contribution in [1.29, 1.82) is 5.26 Å². The van der Waals surface area contributed by atoms with E-state index >= 15 is 0 Å². The van der Waals surface area contributed by atoms with Crippen LogP contribution in [-0.2, 0) is 17.8 Å². The molecule has 0 amide bonds. The minimum absolute atomic E-state index is 0.299. The molecular formula is C19H23N4O2+. The normalized spacial score (nSPS) is 15.0. The average molecular weight is 339 g/mol. The van der Waals surface area contributed by atoms with Crippen molar-refractivity contribution in [1.82, 2.24) is 0 Å². The summed E-state index contributed by atoms with van der Waals surface area (Å²) in [4.78, 5) is 3.29. The lowest BCUT2D eigenvalue weighted by Crippen LogP contribution is -2.35. The van der Waals surface area contributed by atoms with Crippen LogP contribution in [0.25, 0.3) is 0 Å². The van der Waals surface area contributed by atoms with Crippen LogP contribution in [0.4, 0.5) is 17.3 Å². The molecule has 2 heterocycles. The van der Waals surface area contributed by atoms with Crippen LogP contribution in [-0.4, -0.2) is 19.8 Å². The SMILES string of the molecule is CNc1[nH+]c(Nc2ccccc2OC)c(C#N)c2c1COC(C)(C)C2. The number of pyridine rings is 1. The molecule has 1 aromatic heterocycles. The number of methoxy groups -OCH3 is 1. The molecule has 3 N–H and O–H groups in total. The summed E-state index contributed by atoms with van der Waals surface area (Å²) in [6, 6.07) is 9.98. The monoisotopic (exact) mass is 339 g/mol. The van der Waals surface area contributed by atoms with Gasteiger partial charge in [0, 0.05) is 13.5 Å². The van der Waals surface area contributed by atoms with Crippen molar-refractivity contribution in [2.24, 2.45) is 0 Å². The van der Waals surface area contributed by atoms with E-state index < -0.39 is 0 Å². The molecule has 25 heavy (non-hydrogen) atoms. The second kappa shape index (κ2) is 6.61. The molecule has 130 valence electrons. The summed E-state index contributed by atoms with van der Waals surface area (Å²) in [5.74, 6) is 2.21. The Labute approximate surface area is 147 Å². The zero-order chi connectivity index (χ0) is 18.0. The molecule has 6 nitrogen and oxygen atoms in total. The highest BCUT2D eigenvalue weighted by atomic mass is 16.5. The lowest BCUT2D eigenvalue weighted by molar-refractivity contribution is -0.345. The first kappa shape index (κ1) is 17.1. The molecular weight excluding hydrogens is 316 g/mol. The number of fused-ring (bicyclic) bond motifs is 1. The molecule has 0 saturated heterocycles. The zero-order valence-corrected chi connectivity index (χ0v) is 15.0. The van der Waals surface area contributed by atoms with E-state index in [9.17, 15) is 5.26 Å². The largest absolute Gasteiger partial charge is 0.493 e. The van der Waals surface area contributed by atoms with Gasteiger partial charge in [0.1, 0.15) is 17.3 Å². The van der Waals surface area contributed by atoms with E-state index in [1.54, 1.807) is 7.11 Å². The Bertz CT molecular complexity index is 840. The second-order valence-corrected chi connectivity index (χ2v) is 6.62. The van der Waals surface area contributed by atoms with Gasteiger partial charge in [-0.1, -0.05) is 12.1 Å². The summed E-state index contributed by atoms with van der Waals surface area (Å²) in [5.41, 5.74) is 3.12. The van der Waals surface area contributed by atoms with Crippen molar-refractivity contribution in [3.8, 4) is 11.8 Å². The topological polar surface area (TPSA) is 80.5 Å². The lowest BCUT2D eigenvalue weighted by Gasteiger charge is -2.32. The molecule has 0 atom stereocenters. The van der Waals surface area contributed by atoms with Crippen molar-refractivity contribution in [3.63, 3.8) is 0 Å². The van der Waals surface area contributed by atoms with Crippen LogP contribution >= 0.6 is 0 Å². The quantitative estimate of drug-likeness (QED) is 0.895. The van der Waals surface area contributed by atoms with Gasteiger partial charge in [-0.05, 0) is 31.5 Å². The number of para-hydroxylation sites is 2. The zero-order valence-electron chi connectivity index (χ0n) is 15.0. The second-order valence-electron chi connectivity index (χ2n) is 6.62. The molecule has 0 saturated carbocycles. The van der Waals surface area contributed by atoms with Gasteiger partial charge in [0.25, 0.3) is 0 Å². The van der Waals surface area contributed by atoms with Gasteiger partial charge in [-0.3, -0.25) is 5.32 Å². The van der Waals surface area contributed by atoms with E-state index in [-0.39, 0.29) is 5.60 Å². The lowest BCUT2D eigenvalue weighted by atomic mass is 9.89. The number of rotatable bonds is 4. The van der Waals surface area contributed by atoms with Crippen molar-refractivity contribution in [2.45, 2.75) is 32.5 Å². The Morgan fingerprint density at radius 1 is 1.24 bits per heavy atom. The summed E-state index contributed by atoms with van der Waals surface area (Å²) in [5, 5.41) is 16.3. The maximum Gasteiger partial charge on any atom is 0.242 e. The van der Waals surface area contributed by atoms with Crippen LogP contribution in [0.3, 0.4) is 0 Å². The van der Waals surface area contributed by atoms with E-state index in [0.717, 1.165) is 22.6 Å². The minimum Gasteiger partial charge on any atom is -0.493 e. The Kier molecular flexibility index (Phi) is 4.51. The Morgan fingerprint density at radius 2 is 2.00 bits per heavy atom. The molecule has 0 aliphatic carbocycles. The fraction of sp³-hybridized carbons (Fsp3) is 0.368. The van der Waals surface area contributed by atoms with Crippen LogP contribution in [0.1, 0.15) is 30.5 Å². The van der Waals surface area contributed by atoms with Gasteiger partial charge < -0.3 is 14.8 Å². The molecule has 1 aliphatic rings. The summed E-state index contributed by atoms with van der Waals surface area (Å²) >= 11 is 0. The third-order valence-electron chi connectivity index (χ3n) is 4.41. The van der Waals surface area contributed by atoms with Gasteiger partial charge >= 0.3 is 0 Å². The molecule has 0 fully saturated rings. The van der Waals surface area contributed by atoms with Crippen LogP contribution in [0.15, 0.2) is 24.3 Å². The number of benzene rings is 1. The van der Waals surface area contributed by atoms with E-state index in [1.807, 2.05) is 45.2 Å². The molecule has 0 bridgehead atoms. The van der Waals surface area contributed by atoms with Gasteiger partial charge in [0.2, 0.25) is 11.6 Å². The van der Waals surface area contributed by atoms with Gasteiger partial charge in [-0.25, -0.2) is 4.98 Å². The van der Waals surface area contributed by atoms with Gasteiger partial charge in [0.05, 0.1) is 24.9 Å². The highest BCUT2D eigenvalue weighted by molar-refractivity contribution is 5.69. The predicted molar refractivity (Wildman–Crippen MR) is 96.1 cm³/mol. The Balaban J connectivity index is 2.13. The number of ether oxygens (including phenoxy) is 2. The molecule has 6 heteroatoms. The number of nitriles is 1. The van der Waals surface area contributed by atoms with Gasteiger partial charge in [-0.15, -0.1) is 0 Å². The number of anilines is 3. The molecule has 0 unspecified atom stereocenters. The molecule has 3 rings (SSSR count). The van der Waals surface area contributed by atoms with Crippen LogP contribution in [0.5, 0.6) is 5.75 Å². The van der Waals surface area contributed by atoms with Crippen molar-refractivity contribution >= 4 is 17.3 Å². The highest BCUT2D eigenvalue weighted by Gasteiger charge is 2.33. The van der Waals surface area contributed by atoms with Crippen LogP contribution in [0, 0.1) is 11.3 Å². The third-order valence-corrected chi connectivity index (χ3v) is 4.41.